The third kappa shape index (κ3) is 4.05. The third-order valence-corrected chi connectivity index (χ3v) is 4.86. The Hall–Kier alpha value is -0.870. The first-order chi connectivity index (χ1) is 9.18. The lowest BCUT2D eigenvalue weighted by atomic mass is 10.2. The van der Waals surface area contributed by atoms with E-state index >= 15 is 0 Å². The van der Waals surface area contributed by atoms with Gasteiger partial charge in [0.05, 0.1) is 10.8 Å². The lowest BCUT2D eigenvalue weighted by molar-refractivity contribution is -0.128. The van der Waals surface area contributed by atoms with Crippen molar-refractivity contribution in [2.75, 3.05) is 24.6 Å². The van der Waals surface area contributed by atoms with Gasteiger partial charge >= 0.3 is 0 Å². The Balaban J connectivity index is 1.92. The van der Waals surface area contributed by atoms with Gasteiger partial charge in [-0.15, -0.1) is 11.8 Å². The molecule has 0 unspecified atom stereocenters. The van der Waals surface area contributed by atoms with Crippen molar-refractivity contribution in [1.29, 1.82) is 0 Å². The number of hydrogen-bond acceptors (Lipinski definition) is 3. The van der Waals surface area contributed by atoms with E-state index in [9.17, 15) is 4.79 Å². The van der Waals surface area contributed by atoms with Crippen LogP contribution in [-0.4, -0.2) is 29.6 Å². The summed E-state index contributed by atoms with van der Waals surface area (Å²) in [4.78, 5) is 14.9. The van der Waals surface area contributed by atoms with Gasteiger partial charge in [-0.3, -0.25) is 4.79 Å². The topological polar surface area (TPSA) is 46.3 Å². The zero-order valence-corrected chi connectivity index (χ0v) is 12.5. The minimum atomic E-state index is 0.186. The number of carbonyl (C=O) groups is 1. The fourth-order valence-electron chi connectivity index (χ4n) is 2.22. The lowest BCUT2D eigenvalue weighted by Crippen LogP contribution is -2.33. The van der Waals surface area contributed by atoms with E-state index in [0.29, 0.717) is 16.5 Å². The molecule has 0 radical (unpaired) electrons. The first kappa shape index (κ1) is 14.5. The number of hydrogen-bond donors (Lipinski definition) is 1. The monoisotopic (exact) mass is 298 g/mol. The number of likely N-dealkylation sites (tertiary alicyclic amines) is 1. The zero-order chi connectivity index (χ0) is 13.7. The van der Waals surface area contributed by atoms with Crippen molar-refractivity contribution in [1.82, 2.24) is 4.90 Å². The first-order valence-electron chi connectivity index (χ1n) is 6.63. The van der Waals surface area contributed by atoms with Gasteiger partial charge in [-0.2, -0.15) is 0 Å². The summed E-state index contributed by atoms with van der Waals surface area (Å²) >= 11 is 7.53. The molecule has 2 rings (SSSR count). The second kappa shape index (κ2) is 7.06. The molecule has 0 aliphatic carbocycles. The molecule has 5 heteroatoms. The number of amides is 1. The summed E-state index contributed by atoms with van der Waals surface area (Å²) in [6, 6.07) is 5.43. The minimum absolute atomic E-state index is 0.186. The average Bonchev–Trinajstić information content (AvgIpc) is 2.66. The highest BCUT2D eigenvalue weighted by atomic mass is 35.5. The van der Waals surface area contributed by atoms with E-state index in [1.54, 1.807) is 6.07 Å². The van der Waals surface area contributed by atoms with E-state index < -0.39 is 0 Å². The lowest BCUT2D eigenvalue weighted by Gasteiger charge is -2.20. The van der Waals surface area contributed by atoms with Gasteiger partial charge in [0.2, 0.25) is 5.91 Å². The molecular weight excluding hydrogens is 280 g/mol. The Kier molecular flexibility index (Phi) is 5.40. The van der Waals surface area contributed by atoms with Crippen molar-refractivity contribution in [2.24, 2.45) is 0 Å². The maximum atomic E-state index is 12.2. The summed E-state index contributed by atoms with van der Waals surface area (Å²) in [6.45, 7) is 1.77. The number of thioether (sulfide) groups is 1. The molecule has 19 heavy (non-hydrogen) atoms. The molecule has 0 bridgehead atoms. The zero-order valence-electron chi connectivity index (χ0n) is 10.9. The molecule has 0 aromatic heterocycles. The van der Waals surface area contributed by atoms with Crippen LogP contribution in [0.1, 0.15) is 25.7 Å². The van der Waals surface area contributed by atoms with Crippen LogP contribution in [0.3, 0.4) is 0 Å². The van der Waals surface area contributed by atoms with Crippen LogP contribution < -0.4 is 5.73 Å². The molecule has 1 fully saturated rings. The summed E-state index contributed by atoms with van der Waals surface area (Å²) < 4.78 is 0. The van der Waals surface area contributed by atoms with Crippen LogP contribution in [0.2, 0.25) is 5.02 Å². The van der Waals surface area contributed by atoms with Crippen LogP contribution in [0.5, 0.6) is 0 Å². The Morgan fingerprint density at radius 1 is 1.26 bits per heavy atom. The fourth-order valence-corrected chi connectivity index (χ4v) is 3.46. The van der Waals surface area contributed by atoms with Crippen LogP contribution in [0.25, 0.3) is 0 Å². The van der Waals surface area contributed by atoms with Gasteiger partial charge in [-0.25, -0.2) is 0 Å². The summed E-state index contributed by atoms with van der Waals surface area (Å²) in [5.41, 5.74) is 6.52. The normalized spacial score (nSPS) is 16.2. The largest absolute Gasteiger partial charge is 0.398 e. The number of anilines is 1. The van der Waals surface area contributed by atoms with Crippen LogP contribution in [0.4, 0.5) is 5.69 Å². The standard InChI is InChI=1S/C14H19ClN2OS/c15-11-6-5-7-12(16)14(11)19-10-13(18)17-8-3-1-2-4-9-17/h5-7H,1-4,8-10,16H2. The quantitative estimate of drug-likeness (QED) is 0.687. The van der Waals surface area contributed by atoms with Gasteiger partial charge in [0, 0.05) is 23.7 Å². The highest BCUT2D eigenvalue weighted by molar-refractivity contribution is 8.00. The van der Waals surface area contributed by atoms with E-state index in [2.05, 4.69) is 0 Å². The second-order valence-corrected chi connectivity index (χ2v) is 6.13. The molecule has 1 saturated heterocycles. The van der Waals surface area contributed by atoms with Crippen molar-refractivity contribution in [3.05, 3.63) is 23.2 Å². The molecule has 1 aliphatic heterocycles. The van der Waals surface area contributed by atoms with Crippen molar-refractivity contribution in [2.45, 2.75) is 30.6 Å². The molecule has 3 nitrogen and oxygen atoms in total. The molecule has 1 amide bonds. The molecule has 1 aromatic rings. The number of carbonyl (C=O) groups excluding carboxylic acids is 1. The molecule has 1 heterocycles. The molecule has 104 valence electrons. The molecular formula is C14H19ClN2OS. The molecule has 1 aliphatic rings. The van der Waals surface area contributed by atoms with Crippen molar-refractivity contribution in [3.63, 3.8) is 0 Å². The number of halogens is 1. The second-order valence-electron chi connectivity index (χ2n) is 4.74. The maximum Gasteiger partial charge on any atom is 0.232 e. The number of nitrogens with two attached hydrogens (primary N) is 1. The molecule has 0 saturated carbocycles. The van der Waals surface area contributed by atoms with Crippen LogP contribution in [0.15, 0.2) is 23.1 Å². The molecule has 1 aromatic carbocycles. The van der Waals surface area contributed by atoms with E-state index in [-0.39, 0.29) is 5.91 Å². The molecule has 2 N–H and O–H groups in total. The molecule has 0 spiro atoms. The van der Waals surface area contributed by atoms with Gasteiger partial charge in [0.15, 0.2) is 0 Å². The predicted molar refractivity (Wildman–Crippen MR) is 81.6 cm³/mol. The smallest absolute Gasteiger partial charge is 0.232 e. The summed E-state index contributed by atoms with van der Waals surface area (Å²) in [5, 5.41) is 0.619. The number of nitrogens with zero attached hydrogens (tertiary/aromatic N) is 1. The fraction of sp³-hybridized carbons (Fsp3) is 0.500. The number of nitrogen functional groups attached to an aromatic ring is 1. The predicted octanol–water partition coefficient (Wildman–Crippen LogP) is 3.42. The van der Waals surface area contributed by atoms with E-state index in [0.717, 1.165) is 30.8 Å². The SMILES string of the molecule is Nc1cccc(Cl)c1SCC(=O)N1CCCCCC1. The van der Waals surface area contributed by atoms with Crippen molar-refractivity contribution >= 4 is 35.0 Å². The molecule has 0 atom stereocenters. The van der Waals surface area contributed by atoms with Crippen LogP contribution in [-0.2, 0) is 4.79 Å². The van der Waals surface area contributed by atoms with Gasteiger partial charge in [-0.1, -0.05) is 30.5 Å². The number of rotatable bonds is 3. The Labute approximate surface area is 123 Å². The van der Waals surface area contributed by atoms with Gasteiger partial charge < -0.3 is 10.6 Å². The van der Waals surface area contributed by atoms with Gasteiger partial charge in [0.25, 0.3) is 0 Å². The highest BCUT2D eigenvalue weighted by Gasteiger charge is 2.16. The minimum Gasteiger partial charge on any atom is -0.398 e. The maximum absolute atomic E-state index is 12.2. The van der Waals surface area contributed by atoms with Crippen molar-refractivity contribution in [3.8, 4) is 0 Å². The van der Waals surface area contributed by atoms with E-state index in [4.69, 9.17) is 17.3 Å². The summed E-state index contributed by atoms with van der Waals surface area (Å²) in [5.74, 6) is 0.597. The Bertz CT molecular complexity index is 425. The van der Waals surface area contributed by atoms with Crippen LogP contribution >= 0.6 is 23.4 Å². The van der Waals surface area contributed by atoms with Crippen LogP contribution in [0, 0.1) is 0 Å². The van der Waals surface area contributed by atoms with Gasteiger partial charge in [-0.05, 0) is 25.0 Å². The van der Waals surface area contributed by atoms with E-state index in [1.165, 1.54) is 24.6 Å². The highest BCUT2D eigenvalue weighted by Crippen LogP contribution is 2.32. The van der Waals surface area contributed by atoms with Gasteiger partial charge in [0.1, 0.15) is 0 Å². The Morgan fingerprint density at radius 2 is 1.95 bits per heavy atom. The van der Waals surface area contributed by atoms with E-state index in [1.807, 2.05) is 17.0 Å². The summed E-state index contributed by atoms with van der Waals surface area (Å²) in [7, 11) is 0. The third-order valence-electron chi connectivity index (χ3n) is 3.30. The average molecular weight is 299 g/mol. The summed E-state index contributed by atoms with van der Waals surface area (Å²) in [6.07, 6.45) is 4.69. The Morgan fingerprint density at radius 3 is 2.58 bits per heavy atom. The number of benzene rings is 1. The van der Waals surface area contributed by atoms with Crippen molar-refractivity contribution < 1.29 is 4.79 Å². The first-order valence-corrected chi connectivity index (χ1v) is 7.99.